The minimum absolute atomic E-state index is 0.0430. The summed E-state index contributed by atoms with van der Waals surface area (Å²) in [6, 6.07) is 9.74. The number of aliphatic hydroxyl groups is 4. The third-order valence-electron chi connectivity index (χ3n) is 6.73. The van der Waals surface area contributed by atoms with Gasteiger partial charge in [0.1, 0.15) is 30.1 Å². The van der Waals surface area contributed by atoms with Crippen LogP contribution in [0.4, 0.5) is 20.3 Å². The van der Waals surface area contributed by atoms with E-state index < -0.39 is 49.8 Å². The predicted molar refractivity (Wildman–Crippen MR) is 141 cm³/mol. The minimum atomic E-state index is -2.91. The number of aliphatic hydroxyl groups excluding tert-OH is 4. The number of ether oxygens (including phenoxy) is 2. The lowest BCUT2D eigenvalue weighted by atomic mass is 9.96. The van der Waals surface area contributed by atoms with E-state index in [1.54, 1.807) is 60.2 Å². The summed E-state index contributed by atoms with van der Waals surface area (Å²) in [7, 11) is 0. The van der Waals surface area contributed by atoms with Gasteiger partial charge in [0.15, 0.2) is 17.8 Å². The Balaban J connectivity index is 1.32. The van der Waals surface area contributed by atoms with Gasteiger partial charge in [0.05, 0.1) is 18.5 Å². The van der Waals surface area contributed by atoms with E-state index in [0.29, 0.717) is 28.4 Å². The SMILES string of the molecule is Cc1cc(Nc2nccn3c(-c4ccc(OC(F)F)cc4)cnc23)ccc1C(=O)N[C@H]1[C@@H](O)[C@H](O)[C@@H](CO)O[C@@H]1O. The fourth-order valence-corrected chi connectivity index (χ4v) is 4.64. The zero-order valence-electron chi connectivity index (χ0n) is 21.6. The first-order valence-corrected chi connectivity index (χ1v) is 12.5. The maximum Gasteiger partial charge on any atom is 0.387 e. The third kappa shape index (κ3) is 5.82. The van der Waals surface area contributed by atoms with Crippen LogP contribution in [0, 0.1) is 6.92 Å². The Bertz CT molecular complexity index is 1530. The number of halogens is 2. The molecule has 0 radical (unpaired) electrons. The number of amides is 1. The molecule has 5 rings (SSSR count). The second kappa shape index (κ2) is 11.7. The summed E-state index contributed by atoms with van der Waals surface area (Å²) >= 11 is 0. The quantitative estimate of drug-likeness (QED) is 0.182. The number of carbonyl (C=O) groups is 1. The van der Waals surface area contributed by atoms with E-state index >= 15 is 0 Å². The smallest absolute Gasteiger partial charge is 0.387 e. The Kier molecular flexibility index (Phi) is 8.10. The molecule has 2 aromatic carbocycles. The van der Waals surface area contributed by atoms with E-state index in [2.05, 4.69) is 25.3 Å². The van der Waals surface area contributed by atoms with Gasteiger partial charge in [0.25, 0.3) is 5.91 Å². The first-order valence-electron chi connectivity index (χ1n) is 12.5. The number of anilines is 2. The van der Waals surface area contributed by atoms with Crippen molar-refractivity contribution in [2.24, 2.45) is 0 Å². The molecular formula is C27H27F2N5O7. The Hall–Kier alpha value is -4.21. The lowest BCUT2D eigenvalue weighted by molar-refractivity contribution is -0.252. The largest absolute Gasteiger partial charge is 0.435 e. The number of hydrogen-bond donors (Lipinski definition) is 6. The average molecular weight is 572 g/mol. The molecule has 3 heterocycles. The summed E-state index contributed by atoms with van der Waals surface area (Å²) in [6.07, 6.45) is -0.968. The molecule has 6 N–H and O–H groups in total. The molecule has 0 unspecified atom stereocenters. The molecule has 1 aliphatic heterocycles. The fourth-order valence-electron chi connectivity index (χ4n) is 4.64. The van der Waals surface area contributed by atoms with E-state index in [1.807, 2.05) is 0 Å². The minimum Gasteiger partial charge on any atom is -0.435 e. The van der Waals surface area contributed by atoms with E-state index in [0.717, 1.165) is 5.56 Å². The highest BCUT2D eigenvalue weighted by molar-refractivity contribution is 5.96. The number of rotatable bonds is 8. The van der Waals surface area contributed by atoms with Gasteiger partial charge in [-0.1, -0.05) is 0 Å². The second-order valence-electron chi connectivity index (χ2n) is 9.40. The molecule has 0 saturated carbocycles. The molecule has 41 heavy (non-hydrogen) atoms. The Morgan fingerprint density at radius 1 is 1.12 bits per heavy atom. The molecule has 1 aliphatic rings. The summed E-state index contributed by atoms with van der Waals surface area (Å²) < 4.78 is 36.2. The van der Waals surface area contributed by atoms with Crippen molar-refractivity contribution in [3.05, 3.63) is 72.2 Å². The van der Waals surface area contributed by atoms with Crippen LogP contribution in [0.2, 0.25) is 0 Å². The summed E-state index contributed by atoms with van der Waals surface area (Å²) in [6.45, 7) is -1.83. The van der Waals surface area contributed by atoms with Crippen LogP contribution in [-0.4, -0.2) is 84.6 Å². The van der Waals surface area contributed by atoms with Gasteiger partial charge in [0.2, 0.25) is 0 Å². The van der Waals surface area contributed by atoms with Crippen molar-refractivity contribution in [1.82, 2.24) is 19.7 Å². The molecular weight excluding hydrogens is 544 g/mol. The number of imidazole rings is 1. The van der Waals surface area contributed by atoms with Gasteiger partial charge in [-0.15, -0.1) is 0 Å². The monoisotopic (exact) mass is 571 g/mol. The number of aromatic nitrogens is 3. The highest BCUT2D eigenvalue weighted by Crippen LogP contribution is 2.28. The third-order valence-corrected chi connectivity index (χ3v) is 6.73. The normalized spacial score (nSPS) is 22.6. The van der Waals surface area contributed by atoms with E-state index in [9.17, 15) is 34.0 Å². The topological polar surface area (TPSA) is 171 Å². The van der Waals surface area contributed by atoms with Gasteiger partial charge < -0.3 is 40.5 Å². The van der Waals surface area contributed by atoms with Crippen LogP contribution >= 0.6 is 0 Å². The number of carbonyl (C=O) groups excluding carboxylic acids is 1. The van der Waals surface area contributed by atoms with Crippen LogP contribution in [0.15, 0.2) is 61.1 Å². The van der Waals surface area contributed by atoms with Crippen molar-refractivity contribution in [1.29, 1.82) is 0 Å². The number of hydrogen-bond acceptors (Lipinski definition) is 10. The second-order valence-corrected chi connectivity index (χ2v) is 9.40. The molecule has 1 fully saturated rings. The van der Waals surface area contributed by atoms with Crippen molar-refractivity contribution >= 4 is 23.1 Å². The molecule has 1 saturated heterocycles. The van der Waals surface area contributed by atoms with Gasteiger partial charge in [-0.2, -0.15) is 8.78 Å². The van der Waals surface area contributed by atoms with Gasteiger partial charge in [-0.3, -0.25) is 9.20 Å². The molecule has 0 aliphatic carbocycles. The summed E-state index contributed by atoms with van der Waals surface area (Å²) in [5, 5.41) is 45.4. The Morgan fingerprint density at radius 2 is 1.88 bits per heavy atom. The molecule has 216 valence electrons. The van der Waals surface area contributed by atoms with Gasteiger partial charge in [-0.25, -0.2) is 9.97 Å². The Labute approximate surface area is 231 Å². The standard InChI is InChI=1S/C27H27F2N5O7/c1-13-10-15(4-7-17(13)25(38)33-20-22(37)21(36)19(12-35)41-26(20)39)32-23-24-31-11-18(34(24)9-8-30-23)14-2-5-16(6-3-14)40-27(28)29/h2-11,19-22,26-27,35-37,39H,12H2,1H3,(H,30,32)(H,33,38)/t19-,20+,21-,22-,26+/m1/s1. The molecule has 2 aromatic heterocycles. The lowest BCUT2D eigenvalue weighted by Gasteiger charge is -2.40. The predicted octanol–water partition coefficient (Wildman–Crippen LogP) is 1.58. The van der Waals surface area contributed by atoms with Crippen LogP contribution in [-0.2, 0) is 4.74 Å². The summed E-state index contributed by atoms with van der Waals surface area (Å²) in [5.74, 6) is -0.147. The number of aryl methyl sites for hydroxylation is 1. The summed E-state index contributed by atoms with van der Waals surface area (Å²) in [4.78, 5) is 21.8. The van der Waals surface area contributed by atoms with Crippen LogP contribution in [0.25, 0.3) is 16.9 Å². The average Bonchev–Trinajstić information content (AvgIpc) is 3.38. The van der Waals surface area contributed by atoms with Crippen LogP contribution in [0.3, 0.4) is 0 Å². The molecule has 5 atom stereocenters. The van der Waals surface area contributed by atoms with Crippen molar-refractivity contribution in [2.75, 3.05) is 11.9 Å². The maximum absolute atomic E-state index is 12.9. The molecule has 4 aromatic rings. The maximum atomic E-state index is 12.9. The molecule has 0 bridgehead atoms. The number of fused-ring (bicyclic) bond motifs is 1. The number of alkyl halides is 2. The van der Waals surface area contributed by atoms with Gasteiger partial charge in [0, 0.05) is 29.2 Å². The van der Waals surface area contributed by atoms with Crippen molar-refractivity contribution in [2.45, 2.75) is 44.2 Å². The van der Waals surface area contributed by atoms with Gasteiger partial charge in [-0.05, 0) is 55.0 Å². The van der Waals surface area contributed by atoms with Crippen LogP contribution < -0.4 is 15.4 Å². The molecule has 0 spiro atoms. The first kappa shape index (κ1) is 28.3. The van der Waals surface area contributed by atoms with Crippen LogP contribution in [0.1, 0.15) is 15.9 Å². The Morgan fingerprint density at radius 3 is 2.56 bits per heavy atom. The van der Waals surface area contributed by atoms with E-state index in [1.165, 1.54) is 12.1 Å². The lowest BCUT2D eigenvalue weighted by Crippen LogP contribution is -2.64. The number of nitrogens with one attached hydrogen (secondary N) is 2. The highest BCUT2D eigenvalue weighted by Gasteiger charge is 2.44. The van der Waals surface area contributed by atoms with E-state index in [-0.39, 0.29) is 11.3 Å². The number of nitrogens with zero attached hydrogens (tertiary/aromatic N) is 3. The van der Waals surface area contributed by atoms with Gasteiger partial charge >= 0.3 is 6.61 Å². The van der Waals surface area contributed by atoms with Crippen LogP contribution in [0.5, 0.6) is 5.75 Å². The molecule has 12 nitrogen and oxygen atoms in total. The molecule has 14 heteroatoms. The zero-order valence-corrected chi connectivity index (χ0v) is 21.6. The first-order chi connectivity index (χ1) is 19.7. The fraction of sp³-hybridized carbons (Fsp3) is 0.296. The number of benzene rings is 2. The van der Waals surface area contributed by atoms with Crippen molar-refractivity contribution in [3.63, 3.8) is 0 Å². The molecule has 1 amide bonds. The van der Waals surface area contributed by atoms with Crippen molar-refractivity contribution in [3.8, 4) is 17.0 Å². The highest BCUT2D eigenvalue weighted by atomic mass is 19.3. The summed E-state index contributed by atoms with van der Waals surface area (Å²) in [5.41, 5.74) is 3.32. The van der Waals surface area contributed by atoms with Crippen molar-refractivity contribution < 1.29 is 43.5 Å². The van der Waals surface area contributed by atoms with E-state index in [4.69, 9.17) is 4.74 Å². The zero-order chi connectivity index (χ0) is 29.3.